The maximum absolute atomic E-state index is 12.6. The normalized spacial score (nSPS) is 21.1. The summed E-state index contributed by atoms with van der Waals surface area (Å²) in [4.78, 5) is 14.5. The highest BCUT2D eigenvalue weighted by molar-refractivity contribution is 5.90. The molecule has 0 saturated carbocycles. The first kappa shape index (κ1) is 14.9. The van der Waals surface area contributed by atoms with E-state index in [2.05, 4.69) is 5.32 Å². The Morgan fingerprint density at radius 2 is 2.08 bits per heavy atom. The summed E-state index contributed by atoms with van der Waals surface area (Å²) >= 11 is 0. The molecule has 2 aromatic rings. The van der Waals surface area contributed by atoms with Crippen LogP contribution >= 0.6 is 0 Å². The molecule has 1 aromatic heterocycles. The number of furan rings is 1. The van der Waals surface area contributed by atoms with Crippen molar-refractivity contribution in [3.63, 3.8) is 0 Å². The lowest BCUT2D eigenvalue weighted by Crippen LogP contribution is -2.34. The molecule has 1 N–H and O–H groups in total. The predicted octanol–water partition coefficient (Wildman–Crippen LogP) is 4.16. The second-order valence-electron chi connectivity index (χ2n) is 6.56. The number of benzene rings is 1. The highest BCUT2D eigenvalue weighted by Gasteiger charge is 2.33. The highest BCUT2D eigenvalue weighted by atomic mass is 16.7. The van der Waals surface area contributed by atoms with E-state index < -0.39 is 5.79 Å². The summed E-state index contributed by atoms with van der Waals surface area (Å²) < 4.78 is 16.9. The first-order valence-electron chi connectivity index (χ1n) is 8.15. The summed E-state index contributed by atoms with van der Waals surface area (Å²) in [6, 6.07) is 9.05. The molecule has 3 heterocycles. The number of ether oxygens (including phenoxy) is 2. The van der Waals surface area contributed by atoms with Crippen molar-refractivity contribution in [3.8, 4) is 11.5 Å². The van der Waals surface area contributed by atoms with Crippen molar-refractivity contribution >= 4 is 11.7 Å². The summed E-state index contributed by atoms with van der Waals surface area (Å²) in [5.74, 6) is 1.48. The zero-order valence-corrected chi connectivity index (χ0v) is 13.7. The Hall–Kier alpha value is -2.63. The van der Waals surface area contributed by atoms with Crippen LogP contribution in [0.4, 0.5) is 10.5 Å². The van der Waals surface area contributed by atoms with E-state index in [9.17, 15) is 4.79 Å². The Morgan fingerprint density at radius 3 is 2.88 bits per heavy atom. The van der Waals surface area contributed by atoms with E-state index in [1.54, 1.807) is 12.3 Å². The number of amides is 2. The third-order valence-corrected chi connectivity index (χ3v) is 4.29. The number of fused-ring (bicyclic) bond motifs is 1. The van der Waals surface area contributed by atoms with Gasteiger partial charge in [0.2, 0.25) is 5.79 Å². The van der Waals surface area contributed by atoms with Crippen LogP contribution in [0, 0.1) is 0 Å². The van der Waals surface area contributed by atoms with Crippen LogP contribution in [0.15, 0.2) is 41.0 Å². The lowest BCUT2D eigenvalue weighted by Gasteiger charge is -2.23. The Labute approximate surface area is 140 Å². The van der Waals surface area contributed by atoms with Crippen molar-refractivity contribution in [2.45, 2.75) is 38.5 Å². The average molecular weight is 328 g/mol. The van der Waals surface area contributed by atoms with Crippen LogP contribution in [0.2, 0.25) is 0 Å². The molecule has 2 aliphatic heterocycles. The van der Waals surface area contributed by atoms with E-state index in [-0.39, 0.29) is 12.1 Å². The van der Waals surface area contributed by atoms with Crippen molar-refractivity contribution in [2.75, 3.05) is 11.9 Å². The molecule has 1 unspecified atom stereocenters. The number of hydrogen-bond acceptors (Lipinski definition) is 4. The second kappa shape index (κ2) is 5.47. The highest BCUT2D eigenvalue weighted by Crippen LogP contribution is 2.41. The summed E-state index contributed by atoms with van der Waals surface area (Å²) in [6.45, 7) is 4.42. The third-order valence-electron chi connectivity index (χ3n) is 4.29. The molecule has 0 aliphatic carbocycles. The number of carbonyl (C=O) groups is 1. The number of carbonyl (C=O) groups excluding carboxylic acids is 1. The van der Waals surface area contributed by atoms with E-state index in [1.165, 1.54) is 0 Å². The molecule has 0 bridgehead atoms. The lowest BCUT2D eigenvalue weighted by molar-refractivity contribution is -0.0431. The summed E-state index contributed by atoms with van der Waals surface area (Å²) in [7, 11) is 0. The number of nitrogens with one attached hydrogen (secondary N) is 1. The fraction of sp³-hybridized carbons (Fsp3) is 0.389. The lowest BCUT2D eigenvalue weighted by atomic mass is 10.2. The molecule has 1 atom stereocenters. The molecular weight excluding hydrogens is 308 g/mol. The molecular formula is C18H20N2O4. The van der Waals surface area contributed by atoms with Gasteiger partial charge in [-0.25, -0.2) is 4.79 Å². The third kappa shape index (κ3) is 2.68. The second-order valence-corrected chi connectivity index (χ2v) is 6.56. The molecule has 126 valence electrons. The zero-order valence-electron chi connectivity index (χ0n) is 13.7. The van der Waals surface area contributed by atoms with Gasteiger partial charge in [0.25, 0.3) is 0 Å². The van der Waals surface area contributed by atoms with Gasteiger partial charge in [-0.3, -0.25) is 0 Å². The van der Waals surface area contributed by atoms with Crippen molar-refractivity contribution in [1.82, 2.24) is 4.90 Å². The van der Waals surface area contributed by atoms with E-state index in [4.69, 9.17) is 13.9 Å². The molecule has 2 amide bonds. The number of anilines is 1. The van der Waals surface area contributed by atoms with Gasteiger partial charge in [0.05, 0.1) is 12.3 Å². The van der Waals surface area contributed by atoms with E-state index in [1.807, 2.05) is 43.0 Å². The fourth-order valence-corrected chi connectivity index (χ4v) is 3.28. The number of urea groups is 1. The van der Waals surface area contributed by atoms with Crippen molar-refractivity contribution < 1.29 is 18.7 Å². The molecule has 24 heavy (non-hydrogen) atoms. The van der Waals surface area contributed by atoms with Crippen LogP contribution in [-0.2, 0) is 0 Å². The largest absolute Gasteiger partial charge is 0.467 e. The van der Waals surface area contributed by atoms with Gasteiger partial charge in [0.1, 0.15) is 5.76 Å². The average Bonchev–Trinajstić information content (AvgIpc) is 3.24. The molecule has 4 rings (SSSR count). The van der Waals surface area contributed by atoms with E-state index >= 15 is 0 Å². The summed E-state index contributed by atoms with van der Waals surface area (Å²) in [5.41, 5.74) is 0.685. The van der Waals surface area contributed by atoms with Crippen LogP contribution in [0.25, 0.3) is 0 Å². The first-order valence-corrected chi connectivity index (χ1v) is 8.15. The summed E-state index contributed by atoms with van der Waals surface area (Å²) in [5, 5.41) is 2.94. The monoisotopic (exact) mass is 328 g/mol. The van der Waals surface area contributed by atoms with Gasteiger partial charge in [-0.05, 0) is 37.1 Å². The van der Waals surface area contributed by atoms with Crippen LogP contribution < -0.4 is 14.8 Å². The van der Waals surface area contributed by atoms with Crippen LogP contribution in [0.5, 0.6) is 11.5 Å². The van der Waals surface area contributed by atoms with E-state index in [0.717, 1.165) is 25.1 Å². The Morgan fingerprint density at radius 1 is 1.25 bits per heavy atom. The number of nitrogens with zero attached hydrogens (tertiary/aromatic N) is 1. The topological polar surface area (TPSA) is 63.9 Å². The Bertz CT molecular complexity index is 754. The molecule has 0 radical (unpaired) electrons. The minimum atomic E-state index is -0.676. The molecule has 0 spiro atoms. The molecule has 1 aromatic carbocycles. The Balaban J connectivity index is 1.49. The molecule has 2 aliphatic rings. The molecule has 1 saturated heterocycles. The minimum absolute atomic E-state index is 0.00653. The van der Waals surface area contributed by atoms with Gasteiger partial charge in [0.15, 0.2) is 11.5 Å². The van der Waals surface area contributed by atoms with Crippen molar-refractivity contribution in [1.29, 1.82) is 0 Å². The van der Waals surface area contributed by atoms with Gasteiger partial charge in [-0.2, -0.15) is 0 Å². The van der Waals surface area contributed by atoms with Crippen molar-refractivity contribution in [2.24, 2.45) is 0 Å². The van der Waals surface area contributed by atoms with Crippen molar-refractivity contribution in [3.05, 3.63) is 42.4 Å². The van der Waals surface area contributed by atoms with Crippen LogP contribution in [0.1, 0.15) is 38.5 Å². The number of likely N-dealkylation sites (tertiary alicyclic amines) is 1. The Kier molecular flexibility index (Phi) is 3.40. The number of rotatable bonds is 2. The van der Waals surface area contributed by atoms with Gasteiger partial charge in [0, 0.05) is 32.1 Å². The predicted molar refractivity (Wildman–Crippen MR) is 88.2 cm³/mol. The minimum Gasteiger partial charge on any atom is -0.467 e. The first-order chi connectivity index (χ1) is 11.5. The molecule has 6 nitrogen and oxygen atoms in total. The van der Waals surface area contributed by atoms with Crippen LogP contribution in [-0.4, -0.2) is 23.3 Å². The maximum atomic E-state index is 12.6. The SMILES string of the molecule is CC1(C)Oc2ccc(NC(=O)N3CCCC3c3ccco3)cc2O1. The van der Waals surface area contributed by atoms with Crippen LogP contribution in [0.3, 0.4) is 0 Å². The standard InChI is InChI=1S/C18H20N2O4/c1-18(2)23-15-8-7-12(11-16(15)24-18)19-17(21)20-9-3-5-13(20)14-6-4-10-22-14/h4,6-8,10-11,13H,3,5,9H2,1-2H3,(H,19,21). The van der Waals surface area contributed by atoms with Gasteiger partial charge < -0.3 is 24.1 Å². The fourth-order valence-electron chi connectivity index (χ4n) is 3.28. The van der Waals surface area contributed by atoms with Gasteiger partial charge in [-0.1, -0.05) is 0 Å². The van der Waals surface area contributed by atoms with E-state index in [0.29, 0.717) is 17.2 Å². The molecule has 6 heteroatoms. The quantitative estimate of drug-likeness (QED) is 0.899. The summed E-state index contributed by atoms with van der Waals surface area (Å²) in [6.07, 6.45) is 3.52. The number of hydrogen-bond donors (Lipinski definition) is 1. The van der Waals surface area contributed by atoms with Gasteiger partial charge in [-0.15, -0.1) is 0 Å². The molecule has 1 fully saturated rings. The smallest absolute Gasteiger partial charge is 0.322 e. The maximum Gasteiger partial charge on any atom is 0.322 e. The van der Waals surface area contributed by atoms with Gasteiger partial charge >= 0.3 is 6.03 Å². The zero-order chi connectivity index (χ0) is 16.7.